The van der Waals surface area contributed by atoms with E-state index in [-0.39, 0.29) is 26.3 Å². The summed E-state index contributed by atoms with van der Waals surface area (Å²) in [6.07, 6.45) is 0. The lowest BCUT2D eigenvalue weighted by Gasteiger charge is -2.27. The van der Waals surface area contributed by atoms with Crippen LogP contribution in [-0.4, -0.2) is 37.2 Å². The molecule has 0 aromatic heterocycles. The van der Waals surface area contributed by atoms with Crippen LogP contribution in [0.5, 0.6) is 0 Å². The van der Waals surface area contributed by atoms with Gasteiger partial charge in [-0.3, -0.25) is 0 Å². The molecule has 1 aromatic carbocycles. The van der Waals surface area contributed by atoms with E-state index in [1.807, 2.05) is 0 Å². The van der Waals surface area contributed by atoms with Gasteiger partial charge in [-0.15, -0.1) is 0 Å². The lowest BCUT2D eigenvalue weighted by atomic mass is 10.2. The molecular formula is C11H9F5N2O2. The van der Waals surface area contributed by atoms with Crippen molar-refractivity contribution in [2.45, 2.75) is 0 Å². The number of carbonyl (C=O) groups is 1. The molecule has 1 aliphatic heterocycles. The summed E-state index contributed by atoms with van der Waals surface area (Å²) < 4.78 is 70.4. The number of amides is 2. The first-order valence-corrected chi connectivity index (χ1v) is 5.58. The van der Waals surface area contributed by atoms with Gasteiger partial charge in [0.1, 0.15) is 5.69 Å². The molecule has 0 radical (unpaired) electrons. The Hall–Kier alpha value is -1.90. The van der Waals surface area contributed by atoms with E-state index < -0.39 is 40.8 Å². The maximum absolute atomic E-state index is 13.4. The zero-order valence-electron chi connectivity index (χ0n) is 9.98. The zero-order valence-corrected chi connectivity index (χ0v) is 9.98. The van der Waals surface area contributed by atoms with Crippen LogP contribution in [0.15, 0.2) is 0 Å². The Balaban J connectivity index is 2.27. The summed E-state index contributed by atoms with van der Waals surface area (Å²) in [7, 11) is 0. The molecule has 1 saturated heterocycles. The molecule has 0 unspecified atom stereocenters. The second kappa shape index (κ2) is 5.61. The Kier molecular flexibility index (Phi) is 4.07. The van der Waals surface area contributed by atoms with Crippen LogP contribution in [0, 0.1) is 29.1 Å². The number of carbonyl (C=O) groups excluding carboxylic acids is 1. The van der Waals surface area contributed by atoms with Gasteiger partial charge in [-0.25, -0.2) is 26.7 Å². The van der Waals surface area contributed by atoms with Gasteiger partial charge in [-0.1, -0.05) is 0 Å². The van der Waals surface area contributed by atoms with Crippen LogP contribution in [0.1, 0.15) is 0 Å². The quantitative estimate of drug-likeness (QED) is 0.490. The molecule has 0 saturated carbocycles. The van der Waals surface area contributed by atoms with Crippen molar-refractivity contribution in [3.05, 3.63) is 29.1 Å². The fourth-order valence-electron chi connectivity index (χ4n) is 1.67. The number of nitrogens with one attached hydrogen (secondary N) is 1. The lowest BCUT2D eigenvalue weighted by molar-refractivity contribution is 0.0564. The Morgan fingerprint density at radius 1 is 0.900 bits per heavy atom. The van der Waals surface area contributed by atoms with E-state index in [9.17, 15) is 26.7 Å². The number of rotatable bonds is 1. The maximum Gasteiger partial charge on any atom is 0.322 e. The predicted molar refractivity (Wildman–Crippen MR) is 57.6 cm³/mol. The first-order valence-electron chi connectivity index (χ1n) is 5.58. The van der Waals surface area contributed by atoms with Crippen LogP contribution >= 0.6 is 0 Å². The third-order valence-corrected chi connectivity index (χ3v) is 2.74. The molecule has 1 aromatic rings. The van der Waals surface area contributed by atoms with Crippen molar-refractivity contribution in [1.82, 2.24) is 4.90 Å². The normalized spacial score (nSPS) is 15.3. The molecule has 4 nitrogen and oxygen atoms in total. The van der Waals surface area contributed by atoms with Crippen molar-refractivity contribution >= 4 is 11.7 Å². The van der Waals surface area contributed by atoms with E-state index in [1.54, 1.807) is 5.32 Å². The van der Waals surface area contributed by atoms with Gasteiger partial charge in [0, 0.05) is 13.1 Å². The average molecular weight is 296 g/mol. The van der Waals surface area contributed by atoms with Gasteiger partial charge in [-0.05, 0) is 0 Å². The average Bonchev–Trinajstić information content (AvgIpc) is 2.48. The van der Waals surface area contributed by atoms with E-state index in [0.29, 0.717) is 0 Å². The maximum atomic E-state index is 13.4. The molecule has 2 amide bonds. The fraction of sp³-hybridized carbons (Fsp3) is 0.364. The second-order valence-electron chi connectivity index (χ2n) is 3.97. The highest BCUT2D eigenvalue weighted by atomic mass is 19.2. The van der Waals surface area contributed by atoms with Gasteiger partial charge in [0.25, 0.3) is 0 Å². The number of halogens is 5. The van der Waals surface area contributed by atoms with Gasteiger partial charge in [0.05, 0.1) is 13.2 Å². The molecule has 0 aliphatic carbocycles. The fourth-order valence-corrected chi connectivity index (χ4v) is 1.67. The van der Waals surface area contributed by atoms with Gasteiger partial charge in [0.15, 0.2) is 23.3 Å². The van der Waals surface area contributed by atoms with Crippen molar-refractivity contribution in [2.24, 2.45) is 0 Å². The Bertz CT molecular complexity index is 517. The summed E-state index contributed by atoms with van der Waals surface area (Å²) in [5.74, 6) is -10.7. The summed E-state index contributed by atoms with van der Waals surface area (Å²) >= 11 is 0. The molecule has 0 bridgehead atoms. The molecule has 1 aliphatic rings. The minimum Gasteiger partial charge on any atom is -0.378 e. The van der Waals surface area contributed by atoms with Crippen LogP contribution in [-0.2, 0) is 4.74 Å². The molecule has 9 heteroatoms. The highest BCUT2D eigenvalue weighted by molar-refractivity contribution is 5.89. The van der Waals surface area contributed by atoms with Crippen LogP contribution < -0.4 is 5.32 Å². The van der Waals surface area contributed by atoms with Gasteiger partial charge < -0.3 is 15.0 Å². The number of urea groups is 1. The second-order valence-corrected chi connectivity index (χ2v) is 3.97. The molecule has 1 N–H and O–H groups in total. The summed E-state index contributed by atoms with van der Waals surface area (Å²) in [6.45, 7) is 0.761. The van der Waals surface area contributed by atoms with Gasteiger partial charge in [0.2, 0.25) is 5.82 Å². The largest absolute Gasteiger partial charge is 0.378 e. The summed E-state index contributed by atoms with van der Waals surface area (Å²) in [6, 6.07) is -0.962. The van der Waals surface area contributed by atoms with Crippen LogP contribution in [0.3, 0.4) is 0 Å². The van der Waals surface area contributed by atoms with Gasteiger partial charge in [-0.2, -0.15) is 0 Å². The predicted octanol–water partition coefficient (Wildman–Crippen LogP) is 2.25. The Morgan fingerprint density at radius 3 is 1.85 bits per heavy atom. The number of nitrogens with zero attached hydrogens (tertiary/aromatic N) is 1. The third-order valence-electron chi connectivity index (χ3n) is 2.74. The molecule has 0 atom stereocenters. The molecule has 20 heavy (non-hydrogen) atoms. The summed E-state index contributed by atoms with van der Waals surface area (Å²) in [5.41, 5.74) is -1.36. The molecule has 2 rings (SSSR count). The van der Waals surface area contributed by atoms with Gasteiger partial charge >= 0.3 is 6.03 Å². The van der Waals surface area contributed by atoms with E-state index in [4.69, 9.17) is 4.74 Å². The zero-order chi connectivity index (χ0) is 14.9. The standard InChI is InChI=1S/C11H9F5N2O2/c12-5-6(13)8(15)10(9(16)7(5)14)17-11(19)18-1-3-20-4-2-18/h1-4H2,(H,17,19). The molecule has 1 heterocycles. The summed E-state index contributed by atoms with van der Waals surface area (Å²) in [4.78, 5) is 12.8. The molecule has 1 fully saturated rings. The van der Waals surface area contributed by atoms with Crippen molar-refractivity contribution in [1.29, 1.82) is 0 Å². The van der Waals surface area contributed by atoms with E-state index in [2.05, 4.69) is 0 Å². The first kappa shape index (κ1) is 14.5. The monoisotopic (exact) mass is 296 g/mol. The van der Waals surface area contributed by atoms with E-state index in [0.717, 1.165) is 4.90 Å². The minimum atomic E-state index is -2.27. The Labute approximate surface area is 110 Å². The first-order chi connectivity index (χ1) is 9.43. The number of ether oxygens (including phenoxy) is 1. The number of hydrogen-bond donors (Lipinski definition) is 1. The molecular weight excluding hydrogens is 287 g/mol. The smallest absolute Gasteiger partial charge is 0.322 e. The SMILES string of the molecule is O=C(Nc1c(F)c(F)c(F)c(F)c1F)N1CCOCC1. The highest BCUT2D eigenvalue weighted by Gasteiger charge is 2.28. The summed E-state index contributed by atoms with van der Waals surface area (Å²) in [5, 5.41) is 1.69. The Morgan fingerprint density at radius 2 is 1.35 bits per heavy atom. The topological polar surface area (TPSA) is 41.6 Å². The van der Waals surface area contributed by atoms with Crippen LogP contribution in [0.4, 0.5) is 32.4 Å². The lowest BCUT2D eigenvalue weighted by Crippen LogP contribution is -2.43. The number of hydrogen-bond acceptors (Lipinski definition) is 2. The third kappa shape index (κ3) is 2.53. The molecule has 0 spiro atoms. The van der Waals surface area contributed by atoms with E-state index in [1.165, 1.54) is 0 Å². The number of benzene rings is 1. The number of anilines is 1. The van der Waals surface area contributed by atoms with Crippen LogP contribution in [0.25, 0.3) is 0 Å². The van der Waals surface area contributed by atoms with Crippen molar-refractivity contribution in [3.8, 4) is 0 Å². The highest BCUT2D eigenvalue weighted by Crippen LogP contribution is 2.27. The minimum absolute atomic E-state index is 0.154. The van der Waals surface area contributed by atoms with E-state index >= 15 is 0 Å². The van der Waals surface area contributed by atoms with Crippen molar-refractivity contribution in [2.75, 3.05) is 31.6 Å². The number of morpholine rings is 1. The van der Waals surface area contributed by atoms with Crippen molar-refractivity contribution in [3.63, 3.8) is 0 Å². The molecule has 110 valence electrons. The van der Waals surface area contributed by atoms with Crippen LogP contribution in [0.2, 0.25) is 0 Å². The van der Waals surface area contributed by atoms with Crippen molar-refractivity contribution < 1.29 is 31.5 Å².